The molecular formula is C19H19NO2. The predicted molar refractivity (Wildman–Crippen MR) is 89.5 cm³/mol. The van der Waals surface area contributed by atoms with Gasteiger partial charge in [0.2, 0.25) is 0 Å². The Morgan fingerprint density at radius 3 is 2.73 bits per heavy atom. The van der Waals surface area contributed by atoms with Gasteiger partial charge in [0, 0.05) is 25.6 Å². The molecule has 3 rings (SSSR count). The standard InChI is InChI=1S/C19H19NO2/c1-20-16-10-5-11-17(21)19(16)18(22)12-14-8-4-7-13-6-2-3-9-15(13)14/h2-4,6-9,22H,5,10-12H2,1H3. The minimum absolute atomic E-state index is 0.00425. The second kappa shape index (κ2) is 6.14. The molecule has 3 nitrogen and oxygen atoms in total. The van der Waals surface area contributed by atoms with Crippen LogP contribution in [0.25, 0.3) is 10.8 Å². The van der Waals surface area contributed by atoms with Gasteiger partial charge in [0.25, 0.3) is 0 Å². The summed E-state index contributed by atoms with van der Waals surface area (Å²) in [6.07, 6.45) is 2.43. The Hall–Kier alpha value is -2.42. The highest BCUT2D eigenvalue weighted by Crippen LogP contribution is 2.25. The first-order chi connectivity index (χ1) is 10.7. The Kier molecular flexibility index (Phi) is 4.05. The number of benzene rings is 2. The van der Waals surface area contributed by atoms with Crippen LogP contribution in [0.5, 0.6) is 0 Å². The van der Waals surface area contributed by atoms with E-state index in [9.17, 15) is 9.90 Å². The molecule has 0 bridgehead atoms. The molecule has 22 heavy (non-hydrogen) atoms. The third kappa shape index (κ3) is 2.67. The fourth-order valence-electron chi connectivity index (χ4n) is 3.09. The van der Waals surface area contributed by atoms with Gasteiger partial charge in [0.05, 0.1) is 5.57 Å². The number of carbonyl (C=O) groups is 1. The number of nitrogens with zero attached hydrogens (tertiary/aromatic N) is 1. The molecule has 3 heteroatoms. The number of aliphatic hydroxyl groups excluding tert-OH is 1. The van der Waals surface area contributed by atoms with Gasteiger partial charge in [-0.25, -0.2) is 0 Å². The minimum atomic E-state index is 0.00425. The number of hydrogen-bond donors (Lipinski definition) is 1. The van der Waals surface area contributed by atoms with E-state index in [1.807, 2.05) is 42.5 Å². The van der Waals surface area contributed by atoms with Gasteiger partial charge in [0.1, 0.15) is 5.76 Å². The van der Waals surface area contributed by atoms with Gasteiger partial charge < -0.3 is 5.11 Å². The van der Waals surface area contributed by atoms with E-state index in [0.29, 0.717) is 18.4 Å². The van der Waals surface area contributed by atoms with Gasteiger partial charge in [-0.05, 0) is 29.2 Å². The quantitative estimate of drug-likeness (QED) is 0.671. The molecule has 0 saturated heterocycles. The molecule has 0 unspecified atom stereocenters. The van der Waals surface area contributed by atoms with Gasteiger partial charge in [-0.2, -0.15) is 0 Å². The Bertz CT molecular complexity index is 782. The fourth-order valence-corrected chi connectivity index (χ4v) is 3.09. The Labute approximate surface area is 130 Å². The molecule has 0 aliphatic heterocycles. The normalized spacial score (nSPS) is 19.7. The number of aliphatic hydroxyl groups is 1. The molecule has 1 aliphatic carbocycles. The third-order valence-electron chi connectivity index (χ3n) is 4.18. The van der Waals surface area contributed by atoms with E-state index in [2.05, 4.69) is 4.99 Å². The third-order valence-corrected chi connectivity index (χ3v) is 4.18. The van der Waals surface area contributed by atoms with Crippen LogP contribution in [0.4, 0.5) is 0 Å². The lowest BCUT2D eigenvalue weighted by molar-refractivity contribution is -0.115. The molecule has 0 amide bonds. The summed E-state index contributed by atoms with van der Waals surface area (Å²) in [6, 6.07) is 14.1. The number of hydrogen-bond acceptors (Lipinski definition) is 3. The average Bonchev–Trinajstić information content (AvgIpc) is 2.54. The highest BCUT2D eigenvalue weighted by Gasteiger charge is 2.25. The topological polar surface area (TPSA) is 49.7 Å². The zero-order chi connectivity index (χ0) is 15.5. The number of Topliss-reactive ketones (excluding diaryl/α,β-unsaturated/α-hetero) is 1. The van der Waals surface area contributed by atoms with Gasteiger partial charge in [0.15, 0.2) is 5.78 Å². The number of carbonyl (C=O) groups excluding carboxylic acids is 1. The molecule has 0 radical (unpaired) electrons. The van der Waals surface area contributed by atoms with E-state index in [4.69, 9.17) is 0 Å². The smallest absolute Gasteiger partial charge is 0.168 e. The molecule has 2 aromatic carbocycles. The molecule has 1 fully saturated rings. The van der Waals surface area contributed by atoms with E-state index in [1.165, 1.54) is 0 Å². The van der Waals surface area contributed by atoms with Crippen molar-refractivity contribution in [3.8, 4) is 0 Å². The van der Waals surface area contributed by atoms with Crippen LogP contribution < -0.4 is 0 Å². The summed E-state index contributed by atoms with van der Waals surface area (Å²) in [4.78, 5) is 16.3. The minimum Gasteiger partial charge on any atom is -0.511 e. The predicted octanol–water partition coefficient (Wildman–Crippen LogP) is 4.02. The van der Waals surface area contributed by atoms with E-state index in [0.717, 1.165) is 34.9 Å². The first kappa shape index (κ1) is 14.5. The van der Waals surface area contributed by atoms with Gasteiger partial charge >= 0.3 is 0 Å². The van der Waals surface area contributed by atoms with Crippen LogP contribution in [-0.2, 0) is 11.2 Å². The zero-order valence-electron chi connectivity index (χ0n) is 12.7. The highest BCUT2D eigenvalue weighted by atomic mass is 16.3. The lowest BCUT2D eigenvalue weighted by Crippen LogP contribution is -2.21. The maximum Gasteiger partial charge on any atom is 0.168 e. The summed E-state index contributed by atoms with van der Waals surface area (Å²) >= 11 is 0. The largest absolute Gasteiger partial charge is 0.511 e. The number of allylic oxidation sites excluding steroid dienone is 2. The Balaban J connectivity index is 2.03. The van der Waals surface area contributed by atoms with Crippen molar-refractivity contribution in [2.45, 2.75) is 25.7 Å². The zero-order valence-corrected chi connectivity index (χ0v) is 12.7. The number of fused-ring (bicyclic) bond motifs is 1. The highest BCUT2D eigenvalue weighted by molar-refractivity contribution is 6.24. The lowest BCUT2D eigenvalue weighted by atomic mass is 9.88. The van der Waals surface area contributed by atoms with Gasteiger partial charge in [-0.15, -0.1) is 0 Å². The molecule has 2 aromatic rings. The first-order valence-electron chi connectivity index (χ1n) is 7.58. The average molecular weight is 293 g/mol. The molecule has 0 spiro atoms. The van der Waals surface area contributed by atoms with E-state index < -0.39 is 0 Å². The van der Waals surface area contributed by atoms with Crippen molar-refractivity contribution in [3.63, 3.8) is 0 Å². The summed E-state index contributed by atoms with van der Waals surface area (Å²) in [5.74, 6) is 0.145. The molecule has 1 aliphatic rings. The summed E-state index contributed by atoms with van der Waals surface area (Å²) in [6.45, 7) is 0. The molecule has 1 N–H and O–H groups in total. The Morgan fingerprint density at radius 1 is 1.14 bits per heavy atom. The van der Waals surface area contributed by atoms with Gasteiger partial charge in [-0.1, -0.05) is 42.5 Å². The molecule has 0 aromatic heterocycles. The maximum atomic E-state index is 12.2. The molecule has 0 atom stereocenters. The van der Waals surface area contributed by atoms with Crippen LogP contribution >= 0.6 is 0 Å². The van der Waals surface area contributed by atoms with Crippen LogP contribution in [0.1, 0.15) is 24.8 Å². The monoisotopic (exact) mass is 293 g/mol. The lowest BCUT2D eigenvalue weighted by Gasteiger charge is -2.17. The summed E-state index contributed by atoms with van der Waals surface area (Å²) in [5, 5.41) is 12.8. The summed E-state index contributed by atoms with van der Waals surface area (Å²) in [5.41, 5.74) is 2.19. The van der Waals surface area contributed by atoms with Crippen LogP contribution in [0, 0.1) is 0 Å². The van der Waals surface area contributed by atoms with Crippen molar-refractivity contribution in [1.29, 1.82) is 0 Å². The molecule has 112 valence electrons. The molecule has 0 heterocycles. The second-order valence-corrected chi connectivity index (χ2v) is 5.58. The first-order valence-corrected chi connectivity index (χ1v) is 7.58. The summed E-state index contributed by atoms with van der Waals surface area (Å²) in [7, 11) is 1.68. The van der Waals surface area contributed by atoms with Gasteiger partial charge in [-0.3, -0.25) is 9.79 Å². The van der Waals surface area contributed by atoms with Crippen molar-refractivity contribution in [3.05, 3.63) is 59.4 Å². The van der Waals surface area contributed by atoms with E-state index in [-0.39, 0.29) is 11.5 Å². The van der Waals surface area contributed by atoms with Crippen LogP contribution in [0.2, 0.25) is 0 Å². The Morgan fingerprint density at radius 2 is 1.91 bits per heavy atom. The van der Waals surface area contributed by atoms with E-state index in [1.54, 1.807) is 7.05 Å². The van der Waals surface area contributed by atoms with Crippen molar-refractivity contribution in [1.82, 2.24) is 0 Å². The van der Waals surface area contributed by atoms with Crippen molar-refractivity contribution >= 4 is 22.3 Å². The van der Waals surface area contributed by atoms with Crippen LogP contribution in [-0.4, -0.2) is 23.6 Å². The maximum absolute atomic E-state index is 12.2. The van der Waals surface area contributed by atoms with Crippen molar-refractivity contribution in [2.24, 2.45) is 4.99 Å². The van der Waals surface area contributed by atoms with Crippen LogP contribution in [0.3, 0.4) is 0 Å². The number of rotatable bonds is 2. The SMILES string of the molecule is CN=C1CCCC(=O)C1=C(O)Cc1cccc2ccccc12. The van der Waals surface area contributed by atoms with Crippen molar-refractivity contribution < 1.29 is 9.90 Å². The van der Waals surface area contributed by atoms with Crippen molar-refractivity contribution in [2.75, 3.05) is 7.05 Å². The number of ketones is 1. The molecular weight excluding hydrogens is 274 g/mol. The second-order valence-electron chi connectivity index (χ2n) is 5.58. The fraction of sp³-hybridized carbons (Fsp3) is 0.263. The van der Waals surface area contributed by atoms with E-state index >= 15 is 0 Å². The number of aliphatic imine (C=N–C) groups is 1. The molecule has 1 saturated carbocycles. The van der Waals surface area contributed by atoms with Crippen LogP contribution in [0.15, 0.2) is 58.8 Å². The summed E-state index contributed by atoms with van der Waals surface area (Å²) < 4.78 is 0.